The number of aromatic amines is 1. The maximum atomic E-state index is 12.4. The van der Waals surface area contributed by atoms with Gasteiger partial charge in [-0.1, -0.05) is 32.0 Å². The minimum Gasteiger partial charge on any atom is -0.480 e. The average Bonchev–Trinajstić information content (AvgIpc) is 2.94. The number of rotatable bonds is 7. The van der Waals surface area contributed by atoms with Crippen molar-refractivity contribution in [2.24, 2.45) is 5.92 Å². The van der Waals surface area contributed by atoms with E-state index < -0.39 is 24.0 Å². The van der Waals surface area contributed by atoms with Gasteiger partial charge >= 0.3 is 5.97 Å². The molecule has 2 rings (SSSR count). The summed E-state index contributed by atoms with van der Waals surface area (Å²) in [5.41, 5.74) is 1.72. The molecule has 0 saturated carbocycles. The van der Waals surface area contributed by atoms with Crippen molar-refractivity contribution in [3.63, 3.8) is 0 Å². The summed E-state index contributed by atoms with van der Waals surface area (Å²) < 4.78 is 0. The SMILES string of the molecule is CC(=O)N[C@@H](C(=O)N[C@@H](Cc1c[nH]c2ccccc12)C(=O)O)C(C)C. The maximum absolute atomic E-state index is 12.4. The third-order valence-electron chi connectivity index (χ3n) is 4.02. The number of hydrogen-bond acceptors (Lipinski definition) is 3. The number of benzene rings is 1. The molecule has 2 amide bonds. The summed E-state index contributed by atoms with van der Waals surface area (Å²) in [5.74, 6) is -2.12. The number of H-pyrrole nitrogens is 1. The highest BCUT2D eigenvalue weighted by atomic mass is 16.4. The van der Waals surface area contributed by atoms with Gasteiger partial charge in [0.05, 0.1) is 0 Å². The molecule has 0 aliphatic heterocycles. The van der Waals surface area contributed by atoms with E-state index >= 15 is 0 Å². The van der Waals surface area contributed by atoms with E-state index in [4.69, 9.17) is 0 Å². The van der Waals surface area contributed by atoms with Crippen LogP contribution in [0.4, 0.5) is 0 Å². The number of hydrogen-bond donors (Lipinski definition) is 4. The van der Waals surface area contributed by atoms with Crippen LogP contribution in [0.5, 0.6) is 0 Å². The van der Waals surface area contributed by atoms with Crippen molar-refractivity contribution in [2.45, 2.75) is 39.3 Å². The third kappa shape index (κ3) is 4.59. The van der Waals surface area contributed by atoms with E-state index in [0.717, 1.165) is 16.5 Å². The van der Waals surface area contributed by atoms with Crippen molar-refractivity contribution in [3.05, 3.63) is 36.0 Å². The fraction of sp³-hybridized carbons (Fsp3) is 0.389. The quantitative estimate of drug-likeness (QED) is 0.608. The Bertz CT molecular complexity index is 781. The van der Waals surface area contributed by atoms with Gasteiger partial charge in [-0.25, -0.2) is 4.79 Å². The summed E-state index contributed by atoms with van der Waals surface area (Å²) in [6.45, 7) is 4.90. The van der Waals surface area contributed by atoms with Crippen LogP contribution in [0.3, 0.4) is 0 Å². The number of aliphatic carboxylic acids is 1. The Hall–Kier alpha value is -2.83. The number of carboxylic acid groups (broad SMARTS) is 1. The molecule has 134 valence electrons. The molecule has 0 saturated heterocycles. The molecule has 0 aliphatic rings. The predicted octanol–water partition coefficient (Wildman–Crippen LogP) is 1.44. The molecule has 4 N–H and O–H groups in total. The van der Waals surface area contributed by atoms with Crippen molar-refractivity contribution in [1.82, 2.24) is 15.6 Å². The van der Waals surface area contributed by atoms with Crippen LogP contribution < -0.4 is 10.6 Å². The van der Waals surface area contributed by atoms with Gasteiger partial charge in [-0.15, -0.1) is 0 Å². The molecule has 1 heterocycles. The molecule has 0 unspecified atom stereocenters. The summed E-state index contributed by atoms with van der Waals surface area (Å²) in [5, 5.41) is 15.5. The number of nitrogens with one attached hydrogen (secondary N) is 3. The van der Waals surface area contributed by atoms with Crippen molar-refractivity contribution in [1.29, 1.82) is 0 Å². The van der Waals surface area contributed by atoms with Crippen LogP contribution in [0.15, 0.2) is 30.5 Å². The molecule has 0 aliphatic carbocycles. The highest BCUT2D eigenvalue weighted by molar-refractivity contribution is 5.91. The minimum atomic E-state index is -1.12. The second-order valence-corrected chi connectivity index (χ2v) is 6.39. The number of carbonyl (C=O) groups is 3. The smallest absolute Gasteiger partial charge is 0.326 e. The van der Waals surface area contributed by atoms with Gasteiger partial charge < -0.3 is 20.7 Å². The predicted molar refractivity (Wildman–Crippen MR) is 94.0 cm³/mol. The van der Waals surface area contributed by atoms with Gasteiger partial charge in [0.15, 0.2) is 0 Å². The van der Waals surface area contributed by atoms with Crippen molar-refractivity contribution in [2.75, 3.05) is 0 Å². The second kappa shape index (κ2) is 7.83. The molecule has 0 radical (unpaired) electrons. The van der Waals surface area contributed by atoms with Crippen LogP contribution in [-0.4, -0.2) is 40.0 Å². The van der Waals surface area contributed by atoms with Crippen LogP contribution in [0.1, 0.15) is 26.3 Å². The van der Waals surface area contributed by atoms with Gasteiger partial charge in [-0.2, -0.15) is 0 Å². The van der Waals surface area contributed by atoms with E-state index in [0.29, 0.717) is 0 Å². The first-order valence-corrected chi connectivity index (χ1v) is 8.15. The molecule has 7 heteroatoms. The Morgan fingerprint density at radius 1 is 1.16 bits per heavy atom. The minimum absolute atomic E-state index is 0.149. The Kier molecular flexibility index (Phi) is 5.80. The van der Waals surface area contributed by atoms with Crippen molar-refractivity contribution < 1.29 is 19.5 Å². The topological polar surface area (TPSA) is 111 Å². The fourth-order valence-corrected chi connectivity index (χ4v) is 2.74. The first-order valence-electron chi connectivity index (χ1n) is 8.15. The Morgan fingerprint density at radius 3 is 2.44 bits per heavy atom. The van der Waals surface area contributed by atoms with Gasteiger partial charge in [0.2, 0.25) is 11.8 Å². The standard InChI is InChI=1S/C18H23N3O4/c1-10(2)16(20-11(3)22)17(23)21-15(18(24)25)8-12-9-19-14-7-5-4-6-13(12)14/h4-7,9-10,15-16,19H,8H2,1-3H3,(H,20,22)(H,21,23)(H,24,25)/t15-,16+/m0/s1. The van der Waals surface area contributed by atoms with Crippen LogP contribution in [-0.2, 0) is 20.8 Å². The summed E-state index contributed by atoms with van der Waals surface area (Å²) >= 11 is 0. The molecule has 1 aromatic carbocycles. The molecular weight excluding hydrogens is 322 g/mol. The molecule has 1 aromatic heterocycles. The van der Waals surface area contributed by atoms with Crippen LogP contribution in [0, 0.1) is 5.92 Å². The van der Waals surface area contributed by atoms with Gasteiger partial charge in [0, 0.05) is 30.4 Å². The number of para-hydroxylation sites is 1. The summed E-state index contributed by atoms with van der Waals surface area (Å²) in [7, 11) is 0. The average molecular weight is 345 g/mol. The Labute approximate surface area is 145 Å². The van der Waals surface area contributed by atoms with Gasteiger partial charge in [-0.05, 0) is 17.5 Å². The van der Waals surface area contributed by atoms with Crippen LogP contribution >= 0.6 is 0 Å². The van der Waals surface area contributed by atoms with Gasteiger partial charge in [0.1, 0.15) is 12.1 Å². The first kappa shape index (κ1) is 18.5. The van der Waals surface area contributed by atoms with E-state index in [2.05, 4.69) is 15.6 Å². The number of aromatic nitrogens is 1. The van der Waals surface area contributed by atoms with E-state index in [1.54, 1.807) is 20.0 Å². The summed E-state index contributed by atoms with van der Waals surface area (Å²) in [6.07, 6.45) is 1.90. The molecule has 2 atom stereocenters. The number of fused-ring (bicyclic) bond motifs is 1. The number of carbonyl (C=O) groups excluding carboxylic acids is 2. The first-order chi connectivity index (χ1) is 11.8. The Balaban J connectivity index is 2.16. The lowest BCUT2D eigenvalue weighted by atomic mass is 10.0. The van der Waals surface area contributed by atoms with Gasteiger partial charge in [0.25, 0.3) is 0 Å². The summed E-state index contributed by atoms with van der Waals surface area (Å²) in [4.78, 5) is 38.4. The highest BCUT2D eigenvalue weighted by Crippen LogP contribution is 2.19. The van der Waals surface area contributed by atoms with Crippen LogP contribution in [0.25, 0.3) is 10.9 Å². The normalized spacial score (nSPS) is 13.4. The lowest BCUT2D eigenvalue weighted by Gasteiger charge is -2.23. The zero-order valence-electron chi connectivity index (χ0n) is 14.5. The molecular formula is C18H23N3O4. The largest absolute Gasteiger partial charge is 0.480 e. The molecule has 25 heavy (non-hydrogen) atoms. The molecule has 7 nitrogen and oxygen atoms in total. The lowest BCUT2D eigenvalue weighted by molar-refractivity contribution is -0.142. The van der Waals surface area contributed by atoms with E-state index in [-0.39, 0.29) is 18.2 Å². The van der Waals surface area contributed by atoms with Crippen LogP contribution in [0.2, 0.25) is 0 Å². The molecule has 0 bridgehead atoms. The number of carboxylic acids is 1. The summed E-state index contributed by atoms with van der Waals surface area (Å²) in [6, 6.07) is 5.71. The Morgan fingerprint density at radius 2 is 1.84 bits per heavy atom. The monoisotopic (exact) mass is 345 g/mol. The lowest BCUT2D eigenvalue weighted by Crippen LogP contribution is -2.53. The fourth-order valence-electron chi connectivity index (χ4n) is 2.74. The van der Waals surface area contributed by atoms with Gasteiger partial charge in [-0.3, -0.25) is 9.59 Å². The van der Waals surface area contributed by atoms with E-state index in [1.807, 2.05) is 24.3 Å². The van der Waals surface area contributed by atoms with Crippen molar-refractivity contribution in [3.8, 4) is 0 Å². The zero-order chi connectivity index (χ0) is 18.6. The number of amides is 2. The van der Waals surface area contributed by atoms with E-state index in [1.165, 1.54) is 6.92 Å². The van der Waals surface area contributed by atoms with Crippen molar-refractivity contribution >= 4 is 28.7 Å². The third-order valence-corrected chi connectivity index (χ3v) is 4.02. The zero-order valence-corrected chi connectivity index (χ0v) is 14.5. The maximum Gasteiger partial charge on any atom is 0.326 e. The van der Waals surface area contributed by atoms with E-state index in [9.17, 15) is 19.5 Å². The molecule has 2 aromatic rings. The molecule has 0 fully saturated rings. The molecule has 0 spiro atoms. The highest BCUT2D eigenvalue weighted by Gasteiger charge is 2.28. The second-order valence-electron chi connectivity index (χ2n) is 6.39.